The predicted molar refractivity (Wildman–Crippen MR) is 134 cm³/mol. The first-order valence-corrected chi connectivity index (χ1v) is 11.5. The number of rotatable bonds is 9. The van der Waals surface area contributed by atoms with Crippen LogP contribution in [0, 0.1) is 17.5 Å². The van der Waals surface area contributed by atoms with E-state index < -0.39 is 0 Å². The van der Waals surface area contributed by atoms with Gasteiger partial charge in [-0.15, -0.1) is 0 Å². The van der Waals surface area contributed by atoms with Gasteiger partial charge in [-0.3, -0.25) is 0 Å². The van der Waals surface area contributed by atoms with Crippen LogP contribution in [0.15, 0.2) is 72.8 Å². The van der Waals surface area contributed by atoms with Crippen molar-refractivity contribution in [2.45, 2.75) is 19.3 Å². The molecule has 0 bridgehead atoms. The second-order valence-electron chi connectivity index (χ2n) is 8.45. The minimum absolute atomic E-state index is 0.318. The fraction of sp³-hybridized carbons (Fsp3) is 0.200. The smallest absolute Gasteiger partial charge is 0.133 e. The van der Waals surface area contributed by atoms with Crippen LogP contribution in [0.5, 0.6) is 17.2 Å². The molecule has 0 N–H and O–H groups in total. The van der Waals surface area contributed by atoms with E-state index in [4.69, 9.17) is 14.2 Å². The molecule has 3 nitrogen and oxygen atoms in total. The van der Waals surface area contributed by atoms with Crippen LogP contribution < -0.4 is 14.2 Å². The predicted octanol–water partition coefficient (Wildman–Crippen LogP) is 6.90. The fourth-order valence-electron chi connectivity index (χ4n) is 4.50. The summed E-state index contributed by atoms with van der Waals surface area (Å²) in [5.41, 5.74) is 4.96. The number of ether oxygens (including phenoxy) is 3. The van der Waals surface area contributed by atoms with E-state index in [2.05, 4.69) is 0 Å². The zero-order chi connectivity index (χ0) is 25.7. The highest BCUT2D eigenvalue weighted by atomic mass is 19.1. The molecule has 0 unspecified atom stereocenters. The van der Waals surface area contributed by atoms with Crippen LogP contribution >= 0.6 is 0 Å². The van der Waals surface area contributed by atoms with Crippen LogP contribution in [0.25, 0.3) is 0 Å². The Morgan fingerprint density at radius 2 is 0.639 bits per heavy atom. The lowest BCUT2D eigenvalue weighted by atomic mass is 9.90. The van der Waals surface area contributed by atoms with E-state index >= 15 is 0 Å². The summed E-state index contributed by atoms with van der Waals surface area (Å²) in [5.74, 6) is 0.796. The van der Waals surface area contributed by atoms with E-state index in [1.165, 1.54) is 36.4 Å². The Kier molecular flexibility index (Phi) is 7.84. The van der Waals surface area contributed by atoms with Crippen molar-refractivity contribution in [1.29, 1.82) is 0 Å². The topological polar surface area (TPSA) is 27.7 Å². The van der Waals surface area contributed by atoms with E-state index in [1.807, 2.05) is 0 Å². The Hall–Kier alpha value is -3.93. The molecule has 0 aliphatic heterocycles. The average Bonchev–Trinajstić information content (AvgIpc) is 2.88. The van der Waals surface area contributed by atoms with Gasteiger partial charge in [-0.05, 0) is 53.1 Å². The van der Waals surface area contributed by atoms with Crippen LogP contribution in [0.2, 0.25) is 0 Å². The molecule has 4 aromatic carbocycles. The third-order valence-electron chi connectivity index (χ3n) is 6.14. The number of hydrogen-bond acceptors (Lipinski definition) is 3. The number of hydrogen-bond donors (Lipinski definition) is 0. The van der Waals surface area contributed by atoms with Crippen molar-refractivity contribution in [3.63, 3.8) is 0 Å². The maximum Gasteiger partial charge on any atom is 0.133 e. The van der Waals surface area contributed by atoms with Gasteiger partial charge in [0.05, 0.1) is 21.3 Å². The van der Waals surface area contributed by atoms with E-state index in [1.54, 1.807) is 57.7 Å². The van der Waals surface area contributed by atoms with E-state index in [9.17, 15) is 13.2 Å². The van der Waals surface area contributed by atoms with Crippen molar-refractivity contribution in [2.24, 2.45) is 0 Å². The lowest BCUT2D eigenvalue weighted by Crippen LogP contribution is -2.10. The number of halogens is 3. The number of methoxy groups -OCH3 is 3. The maximum atomic E-state index is 13.6. The molecule has 0 fully saturated rings. The van der Waals surface area contributed by atoms with Gasteiger partial charge in [0.2, 0.25) is 0 Å². The molecule has 0 saturated heterocycles. The summed E-state index contributed by atoms with van der Waals surface area (Å²) in [6.45, 7) is 0. The van der Waals surface area contributed by atoms with Gasteiger partial charge in [0.25, 0.3) is 0 Å². The van der Waals surface area contributed by atoms with Crippen molar-refractivity contribution in [1.82, 2.24) is 0 Å². The van der Waals surface area contributed by atoms with Crippen LogP contribution in [0.1, 0.15) is 33.4 Å². The minimum atomic E-state index is -0.318. The van der Waals surface area contributed by atoms with Crippen molar-refractivity contribution >= 4 is 0 Å². The molecule has 4 aromatic rings. The zero-order valence-electron chi connectivity index (χ0n) is 20.4. The molecule has 0 amide bonds. The first kappa shape index (κ1) is 25.2. The summed E-state index contributed by atoms with van der Waals surface area (Å²) < 4.78 is 58.4. The maximum absolute atomic E-state index is 13.6. The van der Waals surface area contributed by atoms with Crippen LogP contribution in [-0.4, -0.2) is 21.3 Å². The molecule has 4 rings (SSSR count). The molecule has 186 valence electrons. The SMILES string of the molecule is COc1c(Cc2ccc(F)cc2)c(OC)c(Cc2ccc(F)cc2)c(OC)c1Cc1ccc(F)cc1. The highest BCUT2D eigenvalue weighted by molar-refractivity contribution is 5.65. The molecule has 0 aromatic heterocycles. The van der Waals surface area contributed by atoms with Crippen molar-refractivity contribution in [3.05, 3.63) is 124 Å². The molecule has 36 heavy (non-hydrogen) atoms. The summed E-state index contributed by atoms with van der Waals surface area (Å²) in [6.07, 6.45) is 1.26. The Morgan fingerprint density at radius 3 is 0.833 bits per heavy atom. The highest BCUT2D eigenvalue weighted by Crippen LogP contribution is 2.46. The Labute approximate surface area is 209 Å². The fourth-order valence-corrected chi connectivity index (χ4v) is 4.50. The summed E-state index contributed by atoms with van der Waals surface area (Å²) in [4.78, 5) is 0. The molecule has 0 aliphatic rings. The lowest BCUT2D eigenvalue weighted by molar-refractivity contribution is 0.359. The third-order valence-corrected chi connectivity index (χ3v) is 6.14. The molecule has 0 aliphatic carbocycles. The van der Waals surface area contributed by atoms with E-state index in [-0.39, 0.29) is 17.5 Å². The van der Waals surface area contributed by atoms with Crippen LogP contribution in [0.3, 0.4) is 0 Å². The van der Waals surface area contributed by atoms with E-state index in [0.717, 1.165) is 33.4 Å². The Morgan fingerprint density at radius 1 is 0.417 bits per heavy atom. The van der Waals surface area contributed by atoms with Crippen LogP contribution in [0.4, 0.5) is 13.2 Å². The molecular weight excluding hydrogens is 465 g/mol. The third kappa shape index (κ3) is 5.48. The molecule has 6 heteroatoms. The quantitative estimate of drug-likeness (QED) is 0.254. The van der Waals surface area contributed by atoms with Gasteiger partial charge in [-0.1, -0.05) is 36.4 Å². The Balaban J connectivity index is 1.93. The second kappa shape index (κ2) is 11.2. The molecule has 0 radical (unpaired) electrons. The van der Waals surface area contributed by atoms with Gasteiger partial charge in [0.15, 0.2) is 0 Å². The molecule has 0 saturated carbocycles. The average molecular weight is 493 g/mol. The number of benzene rings is 4. The summed E-state index contributed by atoms with van der Waals surface area (Å²) in [7, 11) is 4.74. The lowest BCUT2D eigenvalue weighted by Gasteiger charge is -2.24. The largest absolute Gasteiger partial charge is 0.496 e. The summed E-state index contributed by atoms with van der Waals surface area (Å²) in [5, 5.41) is 0. The highest BCUT2D eigenvalue weighted by Gasteiger charge is 2.27. The monoisotopic (exact) mass is 492 g/mol. The molecule has 0 atom stereocenters. The van der Waals surface area contributed by atoms with Gasteiger partial charge < -0.3 is 14.2 Å². The first-order chi connectivity index (χ1) is 17.4. The van der Waals surface area contributed by atoms with Gasteiger partial charge in [-0.2, -0.15) is 0 Å². The van der Waals surface area contributed by atoms with Gasteiger partial charge in [0, 0.05) is 36.0 Å². The van der Waals surface area contributed by atoms with Crippen molar-refractivity contribution in [3.8, 4) is 17.2 Å². The van der Waals surface area contributed by atoms with E-state index in [0.29, 0.717) is 36.5 Å². The molecular formula is C30H27F3O3. The normalized spacial score (nSPS) is 10.8. The Bertz CT molecular complexity index is 1130. The van der Waals surface area contributed by atoms with Gasteiger partial charge in [0.1, 0.15) is 34.7 Å². The molecule has 0 heterocycles. The minimum Gasteiger partial charge on any atom is -0.496 e. The van der Waals surface area contributed by atoms with Crippen molar-refractivity contribution in [2.75, 3.05) is 21.3 Å². The van der Waals surface area contributed by atoms with Gasteiger partial charge >= 0.3 is 0 Å². The summed E-state index contributed by atoms with van der Waals surface area (Å²) in [6, 6.07) is 18.8. The zero-order valence-corrected chi connectivity index (χ0v) is 20.4. The first-order valence-electron chi connectivity index (χ1n) is 11.5. The second-order valence-corrected chi connectivity index (χ2v) is 8.45. The van der Waals surface area contributed by atoms with Gasteiger partial charge in [-0.25, -0.2) is 13.2 Å². The standard InChI is InChI=1S/C30H27F3O3/c1-34-28-25(16-19-4-10-22(31)11-5-19)29(35-2)27(18-21-8-14-24(33)15-9-21)30(36-3)26(28)17-20-6-12-23(32)13-7-20/h4-15H,16-18H2,1-3H3. The molecule has 0 spiro atoms. The van der Waals surface area contributed by atoms with Crippen molar-refractivity contribution < 1.29 is 27.4 Å². The summed E-state index contributed by atoms with van der Waals surface area (Å²) >= 11 is 0. The van der Waals surface area contributed by atoms with Crippen LogP contribution in [-0.2, 0) is 19.3 Å².